The van der Waals surface area contributed by atoms with E-state index in [2.05, 4.69) is 95.6 Å². The van der Waals surface area contributed by atoms with Gasteiger partial charge in [-0.2, -0.15) is 0 Å². The van der Waals surface area contributed by atoms with E-state index in [0.29, 0.717) is 11.5 Å². The van der Waals surface area contributed by atoms with Crippen LogP contribution in [0.3, 0.4) is 0 Å². The van der Waals surface area contributed by atoms with Crippen LogP contribution in [0.4, 0.5) is 0 Å². The normalized spacial score (nSPS) is 14.2. The summed E-state index contributed by atoms with van der Waals surface area (Å²) in [7, 11) is -0.549. The van der Waals surface area contributed by atoms with Crippen molar-refractivity contribution in [2.75, 3.05) is 11.5 Å². The minimum Gasteiger partial charge on any atom is -0.338 e. The molecule has 0 radical (unpaired) electrons. The molecule has 118 valence electrons. The molecule has 0 fully saturated rings. The van der Waals surface area contributed by atoms with Crippen molar-refractivity contribution in [3.8, 4) is 0 Å². The molecule has 11 heteroatoms. The van der Waals surface area contributed by atoms with Gasteiger partial charge in [0.05, 0.1) is 0 Å². The van der Waals surface area contributed by atoms with Gasteiger partial charge in [-0.25, -0.2) is 0 Å². The van der Waals surface area contributed by atoms with Gasteiger partial charge < -0.3 is 9.79 Å². The van der Waals surface area contributed by atoms with Crippen LogP contribution in [0.25, 0.3) is 0 Å². The molecule has 0 bridgehead atoms. The minimum absolute atomic E-state index is 0.281. The van der Waals surface area contributed by atoms with Gasteiger partial charge in [0, 0.05) is 0 Å². The molecular weight excluding hydrogens is 706 g/mol. The second-order valence-electron chi connectivity index (χ2n) is 3.78. The lowest BCUT2D eigenvalue weighted by atomic mass is 10.4. The predicted molar refractivity (Wildman–Crippen MR) is 112 cm³/mol. The van der Waals surface area contributed by atoms with Crippen LogP contribution in [0.1, 0.15) is 25.7 Å². The zero-order chi connectivity index (χ0) is 15.3. The SMILES string of the molecule is OP(O)(Cl)=S(CCCC(Br)(Br)Br)CCCC(Br)(Br)Br. The predicted octanol–water partition coefficient (Wildman–Crippen LogP) is 6.74. The van der Waals surface area contributed by atoms with Crippen LogP contribution in [0.15, 0.2) is 0 Å². The smallest absolute Gasteiger partial charge is 0.235 e. The zero-order valence-electron chi connectivity index (χ0n) is 9.64. The molecule has 0 atom stereocenters. The Balaban J connectivity index is 4.38. The first kappa shape index (κ1) is 22.9. The van der Waals surface area contributed by atoms with Gasteiger partial charge in [0.25, 0.3) is 0 Å². The van der Waals surface area contributed by atoms with Crippen LogP contribution >= 0.6 is 113 Å². The monoisotopic (exact) mass is 714 g/mol. The second-order valence-corrected chi connectivity index (χ2v) is 26.1. The molecule has 0 aromatic rings. The molecule has 2 N–H and O–H groups in total. The van der Waals surface area contributed by atoms with E-state index in [9.17, 15) is 9.79 Å². The van der Waals surface area contributed by atoms with Gasteiger partial charge in [-0.3, -0.25) is 0 Å². The maximum atomic E-state index is 9.71. The summed E-state index contributed by atoms with van der Waals surface area (Å²) in [5.41, 5.74) is 0. The van der Waals surface area contributed by atoms with Gasteiger partial charge >= 0.3 is 0 Å². The lowest BCUT2D eigenvalue weighted by Crippen LogP contribution is -2.09. The van der Waals surface area contributed by atoms with Gasteiger partial charge in [0.2, 0.25) is 5.84 Å². The van der Waals surface area contributed by atoms with Gasteiger partial charge in [0.15, 0.2) is 0 Å². The molecule has 0 rings (SSSR count). The number of rotatable bonds is 6. The fourth-order valence-corrected chi connectivity index (χ4v) is 7.93. The quantitative estimate of drug-likeness (QED) is 0.236. The molecule has 0 heterocycles. The summed E-state index contributed by atoms with van der Waals surface area (Å²) in [5.74, 6) is -1.85. The van der Waals surface area contributed by atoms with E-state index in [1.807, 2.05) is 0 Å². The summed E-state index contributed by atoms with van der Waals surface area (Å²) < 4.78 is -0.561. The van der Waals surface area contributed by atoms with Crippen molar-refractivity contribution in [3.05, 3.63) is 0 Å². The lowest BCUT2D eigenvalue weighted by Gasteiger charge is -2.18. The molecule has 19 heavy (non-hydrogen) atoms. The average molecular weight is 720 g/mol. The molecule has 0 aliphatic carbocycles. The highest BCUT2D eigenvalue weighted by atomic mass is 80.0. The van der Waals surface area contributed by atoms with Crippen molar-refractivity contribution in [2.45, 2.75) is 30.0 Å². The minimum atomic E-state index is -3.28. The Bertz CT molecular complexity index is 307. The van der Waals surface area contributed by atoms with Crippen LogP contribution in [0.2, 0.25) is 0 Å². The molecule has 0 aromatic heterocycles. The van der Waals surface area contributed by atoms with Gasteiger partial charge in [-0.1, -0.05) is 95.6 Å². The van der Waals surface area contributed by atoms with E-state index >= 15 is 0 Å². The second kappa shape index (κ2) is 10.00. The van der Waals surface area contributed by atoms with Gasteiger partial charge in [-0.15, -0.1) is 10.1 Å². The molecule has 0 aliphatic rings. The van der Waals surface area contributed by atoms with Crippen molar-refractivity contribution >= 4 is 123 Å². The van der Waals surface area contributed by atoms with E-state index in [4.69, 9.17) is 11.2 Å². The first-order chi connectivity index (χ1) is 8.31. The summed E-state index contributed by atoms with van der Waals surface area (Å²) in [4.78, 5) is 19.4. The van der Waals surface area contributed by atoms with Crippen molar-refractivity contribution in [3.63, 3.8) is 0 Å². The first-order valence-electron chi connectivity index (χ1n) is 5.17. The van der Waals surface area contributed by atoms with Crippen LogP contribution < -0.4 is 0 Å². The Kier molecular flexibility index (Phi) is 12.0. The fourth-order valence-electron chi connectivity index (χ4n) is 1.21. The molecule has 0 aromatic carbocycles. The third kappa shape index (κ3) is 15.2. The summed E-state index contributed by atoms with van der Waals surface area (Å²) in [6.07, 6.45) is 3.35. The Morgan fingerprint density at radius 3 is 1.37 bits per heavy atom. The van der Waals surface area contributed by atoms with E-state index in [1.54, 1.807) is 0 Å². The molecule has 0 unspecified atom stereocenters. The summed E-state index contributed by atoms with van der Waals surface area (Å²) >= 11 is 26.3. The maximum Gasteiger partial charge on any atom is 0.235 e. The van der Waals surface area contributed by atoms with Crippen molar-refractivity contribution in [2.24, 2.45) is 0 Å². The fraction of sp³-hybridized carbons (Fsp3) is 1.00. The first-order valence-corrected chi connectivity index (χ1v) is 14.7. The van der Waals surface area contributed by atoms with Gasteiger partial charge in [0.1, 0.15) is 4.29 Å². The highest BCUT2D eigenvalue weighted by molar-refractivity contribution is 9.39. The average Bonchev–Trinajstić information content (AvgIpc) is 2.09. The molecular formula is C8H14Br6ClO2PS. The molecule has 0 amide bonds. The third-order valence-electron chi connectivity index (χ3n) is 2.01. The zero-order valence-corrected chi connectivity index (χ0v) is 21.6. The Hall–Kier alpha value is 3.87. The summed E-state index contributed by atoms with van der Waals surface area (Å²) in [5, 5.41) is 0. The molecule has 0 aliphatic heterocycles. The number of hydrogen-bond donors (Lipinski definition) is 2. The molecule has 2 nitrogen and oxygen atoms in total. The Morgan fingerprint density at radius 1 is 0.842 bits per heavy atom. The van der Waals surface area contributed by atoms with Crippen LogP contribution in [0.5, 0.6) is 0 Å². The lowest BCUT2D eigenvalue weighted by molar-refractivity contribution is 0.499. The maximum absolute atomic E-state index is 9.71. The van der Waals surface area contributed by atoms with Crippen molar-refractivity contribution in [1.82, 2.24) is 0 Å². The van der Waals surface area contributed by atoms with E-state index < -0.39 is 15.9 Å². The molecule has 0 saturated carbocycles. The Morgan fingerprint density at radius 2 is 1.16 bits per heavy atom. The number of halogens is 7. The van der Waals surface area contributed by atoms with E-state index in [0.717, 1.165) is 25.7 Å². The summed E-state index contributed by atoms with van der Waals surface area (Å²) in [6, 6.07) is 0. The van der Waals surface area contributed by atoms with Crippen LogP contribution in [-0.2, 0) is 10.1 Å². The Labute approximate surface area is 171 Å². The molecule has 0 saturated heterocycles. The highest BCUT2D eigenvalue weighted by Gasteiger charge is 2.21. The number of alkyl halides is 6. The largest absolute Gasteiger partial charge is 0.338 e. The van der Waals surface area contributed by atoms with Crippen LogP contribution in [0, 0.1) is 0 Å². The highest BCUT2D eigenvalue weighted by Crippen LogP contribution is 2.49. The van der Waals surface area contributed by atoms with E-state index in [-0.39, 0.29) is 4.29 Å². The number of hydrogen-bond acceptors (Lipinski definition) is 0. The van der Waals surface area contributed by atoms with Crippen molar-refractivity contribution < 1.29 is 9.79 Å². The standard InChI is InChI=1S/C8H14Br6ClO2PS/c9-7(10,11)3-1-5-19(18(15,16)17)6-2-4-8(12,13)14/h16-17H,1-6H2. The van der Waals surface area contributed by atoms with Crippen LogP contribution in [-0.4, -0.2) is 25.6 Å². The van der Waals surface area contributed by atoms with E-state index in [1.165, 1.54) is 0 Å². The van der Waals surface area contributed by atoms with Gasteiger partial charge in [-0.05, 0) is 48.4 Å². The summed E-state index contributed by atoms with van der Waals surface area (Å²) in [6.45, 7) is 0. The topological polar surface area (TPSA) is 40.5 Å². The third-order valence-corrected chi connectivity index (χ3v) is 11.4. The molecule has 0 spiro atoms. The van der Waals surface area contributed by atoms with Crippen molar-refractivity contribution in [1.29, 1.82) is 0 Å².